The highest BCUT2D eigenvalue weighted by Gasteiger charge is 1.70. The van der Waals surface area contributed by atoms with E-state index in [9.17, 15) is 0 Å². The molecule has 0 saturated carbocycles. The fourth-order valence-corrected chi connectivity index (χ4v) is 0.474. The molecule has 0 saturated heterocycles. The number of urea groups is 1. The molecule has 0 aliphatic rings. The lowest BCUT2D eigenvalue weighted by Gasteiger charge is -1.79. The maximum Gasteiger partial charge on any atom is 0.309 e. The van der Waals surface area contributed by atoms with Crippen molar-refractivity contribution in [3.8, 4) is 0 Å². The number of nitrogens with two attached hydrogens (primary N) is 2. The van der Waals surface area contributed by atoms with E-state index in [-0.39, 0.29) is 12.4 Å². The minimum Gasteiger partial charge on any atom is -0.396 e. The molecule has 7 N–H and O–H groups in total. The van der Waals surface area contributed by atoms with Crippen LogP contribution in [0.4, 0.5) is 4.79 Å². The molecule has 0 aliphatic carbocycles. The molecule has 0 fully saturated rings. The van der Waals surface area contributed by atoms with Gasteiger partial charge in [0, 0.05) is 19.8 Å². The standard InChI is InChI=1S/3C4H10O.CH4N2O.ClH/c3*1-2-3-4-5;2-1(3)4;/h3*5H,2-4H2,1H3;(H4,2,3,4);1H. The first-order valence-corrected chi connectivity index (χ1v) is 6.85. The first kappa shape index (κ1) is 31.7. The van der Waals surface area contributed by atoms with E-state index >= 15 is 0 Å². The van der Waals surface area contributed by atoms with Gasteiger partial charge < -0.3 is 26.8 Å². The number of hydrogen-bond acceptors (Lipinski definition) is 4. The van der Waals surface area contributed by atoms with Gasteiger partial charge in [-0.25, -0.2) is 4.79 Å². The summed E-state index contributed by atoms with van der Waals surface area (Å²) >= 11 is 0. The third kappa shape index (κ3) is 159. The maximum absolute atomic E-state index is 9.00. The van der Waals surface area contributed by atoms with Crippen molar-refractivity contribution in [1.82, 2.24) is 0 Å². The number of halogens is 1. The number of carbonyl (C=O) groups is 1. The van der Waals surface area contributed by atoms with Crippen LogP contribution in [0.2, 0.25) is 0 Å². The molecule has 0 bridgehead atoms. The van der Waals surface area contributed by atoms with Crippen LogP contribution >= 0.6 is 12.4 Å². The highest BCUT2D eigenvalue weighted by atomic mass is 35.5. The summed E-state index contributed by atoms with van der Waals surface area (Å²) in [6, 6.07) is -0.833. The first-order chi connectivity index (χ1) is 8.97. The van der Waals surface area contributed by atoms with E-state index < -0.39 is 6.03 Å². The second-order valence-corrected chi connectivity index (χ2v) is 3.63. The van der Waals surface area contributed by atoms with Gasteiger partial charge in [-0.15, -0.1) is 12.4 Å². The van der Waals surface area contributed by atoms with Gasteiger partial charge in [0.1, 0.15) is 0 Å². The Labute approximate surface area is 130 Å². The summed E-state index contributed by atoms with van der Waals surface area (Å²) in [5.41, 5.74) is 8.50. The third-order valence-corrected chi connectivity index (χ3v) is 1.54. The Morgan fingerprint density at radius 3 is 0.900 bits per heavy atom. The van der Waals surface area contributed by atoms with Crippen molar-refractivity contribution in [2.75, 3.05) is 19.8 Å². The van der Waals surface area contributed by atoms with E-state index in [1.54, 1.807) is 0 Å². The number of rotatable bonds is 6. The number of aliphatic hydroxyl groups excluding tert-OH is 3. The van der Waals surface area contributed by atoms with Gasteiger partial charge in [0.25, 0.3) is 0 Å². The minimum atomic E-state index is -0.833. The highest BCUT2D eigenvalue weighted by molar-refractivity contribution is 5.85. The lowest BCUT2D eigenvalue weighted by Crippen LogP contribution is -2.18. The van der Waals surface area contributed by atoms with Crippen LogP contribution in [-0.4, -0.2) is 41.2 Å². The fraction of sp³-hybridized carbons (Fsp3) is 0.923. The fourth-order valence-electron chi connectivity index (χ4n) is 0.474. The van der Waals surface area contributed by atoms with Crippen molar-refractivity contribution in [2.45, 2.75) is 59.3 Å². The lowest BCUT2D eigenvalue weighted by molar-refractivity contribution is 0.256. The van der Waals surface area contributed by atoms with E-state index in [1.165, 1.54) is 0 Å². The molecule has 7 heteroatoms. The Morgan fingerprint density at radius 2 is 0.900 bits per heavy atom. The van der Waals surface area contributed by atoms with Crippen LogP contribution in [0, 0.1) is 0 Å². The van der Waals surface area contributed by atoms with Crippen molar-refractivity contribution < 1.29 is 20.1 Å². The molecule has 0 aromatic heterocycles. The van der Waals surface area contributed by atoms with E-state index in [4.69, 9.17) is 20.1 Å². The monoisotopic (exact) mass is 318 g/mol. The van der Waals surface area contributed by atoms with Gasteiger partial charge in [-0.2, -0.15) is 0 Å². The quantitative estimate of drug-likeness (QED) is 0.511. The molecule has 0 unspecified atom stereocenters. The molecule has 0 heterocycles. The molecule has 6 nitrogen and oxygen atoms in total. The van der Waals surface area contributed by atoms with E-state index in [0.717, 1.165) is 38.5 Å². The lowest BCUT2D eigenvalue weighted by atomic mass is 10.4. The Kier molecular flexibility index (Phi) is 67.9. The van der Waals surface area contributed by atoms with Crippen LogP contribution in [0.25, 0.3) is 0 Å². The molecule has 0 aliphatic heterocycles. The van der Waals surface area contributed by atoms with Crippen LogP contribution in [-0.2, 0) is 0 Å². The Balaban J connectivity index is -0.0000000494. The second-order valence-electron chi connectivity index (χ2n) is 3.63. The largest absolute Gasteiger partial charge is 0.396 e. The first-order valence-electron chi connectivity index (χ1n) is 6.85. The van der Waals surface area contributed by atoms with Crippen molar-refractivity contribution in [2.24, 2.45) is 11.5 Å². The Morgan fingerprint density at radius 1 is 0.750 bits per heavy atom. The molecule has 2 amide bonds. The summed E-state index contributed by atoms with van der Waals surface area (Å²) < 4.78 is 0. The summed E-state index contributed by atoms with van der Waals surface area (Å²) in [5.74, 6) is 0. The van der Waals surface area contributed by atoms with Crippen molar-refractivity contribution in [3.63, 3.8) is 0 Å². The number of amides is 2. The molecule has 0 spiro atoms. The molecule has 0 aromatic rings. The molecular formula is C13H35ClN2O4. The number of aliphatic hydroxyl groups is 3. The average molecular weight is 319 g/mol. The van der Waals surface area contributed by atoms with E-state index in [1.807, 2.05) is 0 Å². The summed E-state index contributed by atoms with van der Waals surface area (Å²) in [6.45, 7) is 7.19. The number of carbonyl (C=O) groups excluding carboxylic acids is 1. The number of hydrogen-bond donors (Lipinski definition) is 5. The predicted molar refractivity (Wildman–Crippen MR) is 87.0 cm³/mol. The van der Waals surface area contributed by atoms with Gasteiger partial charge in [0.15, 0.2) is 0 Å². The zero-order valence-corrected chi connectivity index (χ0v) is 14.0. The van der Waals surface area contributed by atoms with Crippen molar-refractivity contribution in [1.29, 1.82) is 0 Å². The van der Waals surface area contributed by atoms with Crippen LogP contribution in [0.1, 0.15) is 59.3 Å². The van der Waals surface area contributed by atoms with Crippen LogP contribution in [0.3, 0.4) is 0 Å². The minimum absolute atomic E-state index is 0. The normalized spacial score (nSPS) is 7.50. The molecule has 0 radical (unpaired) electrons. The van der Waals surface area contributed by atoms with E-state index in [2.05, 4.69) is 32.2 Å². The van der Waals surface area contributed by atoms with Gasteiger partial charge in [0.2, 0.25) is 0 Å². The zero-order valence-electron chi connectivity index (χ0n) is 13.2. The van der Waals surface area contributed by atoms with Crippen LogP contribution < -0.4 is 11.5 Å². The molecule has 128 valence electrons. The van der Waals surface area contributed by atoms with Gasteiger partial charge in [0.05, 0.1) is 0 Å². The predicted octanol–water partition coefficient (Wildman–Crippen LogP) is 1.78. The van der Waals surface area contributed by atoms with Crippen LogP contribution in [0.15, 0.2) is 0 Å². The maximum atomic E-state index is 9.00. The molecular weight excluding hydrogens is 284 g/mol. The third-order valence-electron chi connectivity index (χ3n) is 1.54. The van der Waals surface area contributed by atoms with Crippen molar-refractivity contribution in [3.05, 3.63) is 0 Å². The van der Waals surface area contributed by atoms with Gasteiger partial charge in [-0.05, 0) is 19.3 Å². The second kappa shape index (κ2) is 42.9. The summed E-state index contributed by atoms with van der Waals surface area (Å²) in [4.78, 5) is 9.00. The van der Waals surface area contributed by atoms with Gasteiger partial charge >= 0.3 is 6.03 Å². The summed E-state index contributed by atoms with van der Waals surface area (Å²) in [6.07, 6.45) is 6.11. The van der Waals surface area contributed by atoms with E-state index in [0.29, 0.717) is 19.8 Å². The molecule has 0 aromatic carbocycles. The van der Waals surface area contributed by atoms with Crippen molar-refractivity contribution >= 4 is 18.4 Å². The summed E-state index contributed by atoms with van der Waals surface area (Å²) in [7, 11) is 0. The molecule has 0 rings (SSSR count). The molecule has 20 heavy (non-hydrogen) atoms. The van der Waals surface area contributed by atoms with Crippen LogP contribution in [0.5, 0.6) is 0 Å². The summed E-state index contributed by atoms with van der Waals surface area (Å²) in [5, 5.41) is 24.2. The average Bonchev–Trinajstić information content (AvgIpc) is 2.33. The van der Waals surface area contributed by atoms with Gasteiger partial charge in [-0.1, -0.05) is 40.0 Å². The SMILES string of the molecule is CCCCO.CCCCO.CCCCO.Cl.NC(N)=O. The topological polar surface area (TPSA) is 130 Å². The Bertz CT molecular complexity index is 117. The highest BCUT2D eigenvalue weighted by Crippen LogP contribution is 1.79. The Hall–Kier alpha value is -0.560. The smallest absolute Gasteiger partial charge is 0.309 e. The zero-order chi connectivity index (χ0) is 15.9. The number of primary amides is 2. The number of unbranched alkanes of at least 4 members (excludes halogenated alkanes) is 3. The molecule has 0 atom stereocenters. The van der Waals surface area contributed by atoms with Gasteiger partial charge in [-0.3, -0.25) is 0 Å².